The molecule has 0 heterocycles. The third kappa shape index (κ3) is 5.91. The Balaban J connectivity index is 2.07. The molecule has 0 aliphatic carbocycles. The van der Waals surface area contributed by atoms with Gasteiger partial charge in [0, 0.05) is 23.6 Å². The smallest absolute Gasteiger partial charge is 0.175 e. The van der Waals surface area contributed by atoms with Gasteiger partial charge >= 0.3 is 0 Å². The van der Waals surface area contributed by atoms with Crippen molar-refractivity contribution in [2.24, 2.45) is 0 Å². The molecule has 2 rings (SSSR count). The molecular weight excluding hydrogens is 374 g/mol. The first-order valence-corrected chi connectivity index (χ1v) is 9.98. The minimum atomic E-state index is -1.28. The van der Waals surface area contributed by atoms with E-state index in [4.69, 9.17) is 12.2 Å². The van der Waals surface area contributed by atoms with Crippen LogP contribution < -0.4 is 14.9 Å². The van der Waals surface area contributed by atoms with E-state index in [0.29, 0.717) is 11.7 Å². The molecule has 0 bridgehead atoms. The number of nitrogens with zero attached hydrogens (tertiary/aromatic N) is 1. The van der Waals surface area contributed by atoms with E-state index in [-0.39, 0.29) is 0 Å². The highest BCUT2D eigenvalue weighted by Gasteiger charge is 2.14. The molecule has 2 aromatic carbocycles. The monoisotopic (exact) mass is 397 g/mol. The molecule has 140 valence electrons. The van der Waals surface area contributed by atoms with Crippen LogP contribution in [0.2, 0.25) is 0 Å². The number of rotatable bonds is 8. The Morgan fingerprint density at radius 1 is 1.15 bits per heavy atom. The molecule has 2 N–H and O–H groups in total. The predicted molar refractivity (Wildman–Crippen MR) is 120 cm³/mol. The Hall–Kier alpha value is -2.70. The van der Waals surface area contributed by atoms with E-state index in [2.05, 4.69) is 23.8 Å². The van der Waals surface area contributed by atoms with E-state index in [9.17, 15) is 4.21 Å². The van der Waals surface area contributed by atoms with Crippen LogP contribution in [-0.2, 0) is 11.0 Å². The van der Waals surface area contributed by atoms with Crippen LogP contribution in [0.5, 0.6) is 0 Å². The minimum Gasteiger partial charge on any atom is -0.333 e. The molecule has 1 unspecified atom stereocenters. The third-order valence-electron chi connectivity index (χ3n) is 3.62. The Labute approximate surface area is 168 Å². The van der Waals surface area contributed by atoms with Crippen molar-refractivity contribution < 1.29 is 4.21 Å². The van der Waals surface area contributed by atoms with Gasteiger partial charge in [0.05, 0.1) is 4.90 Å². The van der Waals surface area contributed by atoms with E-state index in [1.54, 1.807) is 18.2 Å². The number of benzene rings is 2. The number of nitrogens with one attached hydrogen (secondary N) is 2. The zero-order chi connectivity index (χ0) is 19.6. The lowest BCUT2D eigenvalue weighted by Gasteiger charge is -2.21. The van der Waals surface area contributed by atoms with Gasteiger partial charge in [-0.15, -0.1) is 0 Å². The summed E-state index contributed by atoms with van der Waals surface area (Å²) in [5.74, 6) is 0. The van der Waals surface area contributed by atoms with Crippen LogP contribution in [0.4, 0.5) is 11.4 Å². The fraction of sp³-hybridized carbons (Fsp3) is 0.0952. The second-order valence-corrected chi connectivity index (χ2v) is 7.26. The summed E-state index contributed by atoms with van der Waals surface area (Å²) in [5, 5.41) is 6.56. The van der Waals surface area contributed by atoms with Crippen molar-refractivity contribution in [1.29, 1.82) is 0 Å². The lowest BCUT2D eigenvalue weighted by atomic mass is 10.3. The van der Waals surface area contributed by atoms with E-state index in [0.717, 1.165) is 22.0 Å². The van der Waals surface area contributed by atoms with Crippen LogP contribution in [-0.4, -0.2) is 15.9 Å². The Kier molecular flexibility index (Phi) is 7.98. The van der Waals surface area contributed by atoms with Crippen molar-refractivity contribution in [2.45, 2.75) is 11.8 Å². The van der Waals surface area contributed by atoms with Crippen molar-refractivity contribution in [3.63, 3.8) is 0 Å². The van der Waals surface area contributed by atoms with E-state index < -0.39 is 11.0 Å². The molecule has 6 heteroatoms. The first-order chi connectivity index (χ1) is 13.1. The lowest BCUT2D eigenvalue weighted by Crippen LogP contribution is -2.27. The van der Waals surface area contributed by atoms with Crippen LogP contribution in [0.15, 0.2) is 96.6 Å². The van der Waals surface area contributed by atoms with E-state index in [1.165, 1.54) is 0 Å². The topological polar surface area (TPSA) is 44.4 Å². The average Bonchev–Trinajstić information content (AvgIpc) is 2.69. The quantitative estimate of drug-likeness (QED) is 0.497. The Morgan fingerprint density at radius 2 is 1.81 bits per heavy atom. The molecule has 0 saturated carbocycles. The zero-order valence-electron chi connectivity index (χ0n) is 15.2. The maximum absolute atomic E-state index is 12.9. The third-order valence-corrected chi connectivity index (χ3v) is 5.37. The largest absolute Gasteiger partial charge is 0.333 e. The number of hydrogen-bond acceptors (Lipinski definition) is 2. The molecule has 0 amide bonds. The highest BCUT2D eigenvalue weighted by molar-refractivity contribution is 7.86. The number of hydrogen-bond donors (Lipinski definition) is 2. The van der Waals surface area contributed by atoms with Gasteiger partial charge in [-0.1, -0.05) is 37.4 Å². The molecule has 0 radical (unpaired) electrons. The molecule has 0 saturated heterocycles. The van der Waals surface area contributed by atoms with Crippen LogP contribution in [0.25, 0.3) is 0 Å². The van der Waals surface area contributed by atoms with Crippen molar-refractivity contribution in [1.82, 2.24) is 5.32 Å². The van der Waals surface area contributed by atoms with Crippen LogP contribution in [0, 0.1) is 0 Å². The van der Waals surface area contributed by atoms with Gasteiger partial charge in [0.25, 0.3) is 0 Å². The second kappa shape index (κ2) is 10.4. The maximum Gasteiger partial charge on any atom is 0.175 e. The number of thiocarbonyl (C=S) groups is 1. The molecule has 27 heavy (non-hydrogen) atoms. The highest BCUT2D eigenvalue weighted by Crippen LogP contribution is 2.21. The molecule has 0 aromatic heterocycles. The maximum atomic E-state index is 12.9. The summed E-state index contributed by atoms with van der Waals surface area (Å²) in [6.07, 6.45) is 5.09. The SMILES string of the molecule is C=C/C=C(\C=C)NC(=S)Nc1ccc(S(=O)N(CC)c2ccccc2)cc1. The second-order valence-electron chi connectivity index (χ2n) is 5.44. The summed E-state index contributed by atoms with van der Waals surface area (Å²) in [7, 11) is -1.28. The molecule has 1 atom stereocenters. The number of para-hydroxylation sites is 1. The summed E-state index contributed by atoms with van der Waals surface area (Å²) in [5.41, 5.74) is 2.48. The average molecular weight is 398 g/mol. The summed E-state index contributed by atoms with van der Waals surface area (Å²) in [6.45, 7) is 9.99. The molecule has 0 aliphatic heterocycles. The molecule has 4 nitrogen and oxygen atoms in total. The first-order valence-electron chi connectivity index (χ1n) is 8.46. The van der Waals surface area contributed by atoms with Gasteiger partial charge in [0.1, 0.15) is 0 Å². The van der Waals surface area contributed by atoms with Crippen molar-refractivity contribution in [3.8, 4) is 0 Å². The molecule has 0 spiro atoms. The number of allylic oxidation sites excluding steroid dienone is 3. The van der Waals surface area contributed by atoms with E-state index >= 15 is 0 Å². The summed E-state index contributed by atoms with van der Waals surface area (Å²) in [4.78, 5) is 0.725. The van der Waals surface area contributed by atoms with Crippen molar-refractivity contribution in [2.75, 3.05) is 16.2 Å². The summed E-state index contributed by atoms with van der Waals surface area (Å²) in [6, 6.07) is 17.1. The molecule has 0 aliphatic rings. The normalized spacial score (nSPS) is 12.0. The van der Waals surface area contributed by atoms with Crippen LogP contribution in [0.3, 0.4) is 0 Å². The highest BCUT2D eigenvalue weighted by atomic mass is 32.2. The van der Waals surface area contributed by atoms with Gasteiger partial charge in [-0.3, -0.25) is 4.31 Å². The van der Waals surface area contributed by atoms with Gasteiger partial charge in [0.15, 0.2) is 16.1 Å². The molecule has 0 fully saturated rings. The van der Waals surface area contributed by atoms with Gasteiger partial charge in [-0.2, -0.15) is 0 Å². The van der Waals surface area contributed by atoms with Gasteiger partial charge in [0.2, 0.25) is 0 Å². The predicted octanol–water partition coefficient (Wildman–Crippen LogP) is 4.78. The van der Waals surface area contributed by atoms with Gasteiger partial charge in [-0.05, 0) is 67.7 Å². The van der Waals surface area contributed by atoms with Crippen molar-refractivity contribution in [3.05, 3.63) is 91.7 Å². The first kappa shape index (κ1) is 20.6. The molecular formula is C21H23N3OS2. The lowest BCUT2D eigenvalue weighted by molar-refractivity contribution is 0.680. The van der Waals surface area contributed by atoms with Crippen LogP contribution in [0.1, 0.15) is 6.92 Å². The summed E-state index contributed by atoms with van der Waals surface area (Å²) >= 11 is 5.29. The van der Waals surface area contributed by atoms with E-state index in [1.807, 2.05) is 65.8 Å². The van der Waals surface area contributed by atoms with Crippen molar-refractivity contribution >= 4 is 39.7 Å². The standard InChI is InChI=1S/C21H23N3OS2/c1-4-10-17(5-2)22-21(26)23-18-13-15-20(16-14-18)27(25)24(6-3)19-11-8-7-9-12-19/h4-5,7-16H,1-2,6H2,3H3,(H2,22,23,26)/b17-10+. The zero-order valence-corrected chi connectivity index (χ0v) is 16.9. The van der Waals surface area contributed by atoms with Gasteiger partial charge in [-0.25, -0.2) is 4.21 Å². The van der Waals surface area contributed by atoms with Crippen LogP contribution >= 0.6 is 12.2 Å². The fourth-order valence-electron chi connectivity index (χ4n) is 2.35. The Bertz CT molecular complexity index is 845. The fourth-order valence-corrected chi connectivity index (χ4v) is 3.76. The summed E-state index contributed by atoms with van der Waals surface area (Å²) < 4.78 is 14.8. The number of anilines is 2. The molecule has 2 aromatic rings. The minimum absolute atomic E-state index is 0.441. The Morgan fingerprint density at radius 3 is 2.37 bits per heavy atom. The van der Waals surface area contributed by atoms with Gasteiger partial charge < -0.3 is 10.6 Å².